The lowest BCUT2D eigenvalue weighted by molar-refractivity contribution is 0.721. The predicted molar refractivity (Wildman–Crippen MR) is 67.6 cm³/mol. The van der Waals surface area contributed by atoms with Crippen LogP contribution < -0.4 is 11.1 Å². The molecule has 2 atom stereocenters. The first-order chi connectivity index (χ1) is 7.26. The van der Waals surface area contributed by atoms with E-state index in [1.807, 2.05) is 11.8 Å². The largest absolute Gasteiger partial charge is 0.380 e. The van der Waals surface area contributed by atoms with Crippen molar-refractivity contribution in [2.24, 2.45) is 5.73 Å². The smallest absolute Gasteiger partial charge is 0.0513 e. The molecule has 1 heterocycles. The van der Waals surface area contributed by atoms with Crippen molar-refractivity contribution in [2.75, 3.05) is 11.9 Å². The topological polar surface area (TPSA) is 38.0 Å². The Hall–Kier alpha value is -0.670. The maximum absolute atomic E-state index is 5.76. The van der Waals surface area contributed by atoms with Gasteiger partial charge in [-0.3, -0.25) is 0 Å². The van der Waals surface area contributed by atoms with E-state index in [1.54, 1.807) is 0 Å². The van der Waals surface area contributed by atoms with Crippen LogP contribution in [0.5, 0.6) is 0 Å². The molecule has 0 aliphatic carbocycles. The SMILES string of the molecule is CCc1cccc2c1NC(C)C(CN)S2. The second-order valence-electron chi connectivity index (χ2n) is 3.97. The van der Waals surface area contributed by atoms with Crippen LogP contribution in [-0.4, -0.2) is 17.8 Å². The van der Waals surface area contributed by atoms with Gasteiger partial charge in [-0.25, -0.2) is 0 Å². The second kappa shape index (κ2) is 4.45. The van der Waals surface area contributed by atoms with Crippen LogP contribution in [0.1, 0.15) is 19.4 Å². The van der Waals surface area contributed by atoms with Gasteiger partial charge in [0.1, 0.15) is 0 Å². The number of benzene rings is 1. The number of aryl methyl sites for hydroxylation is 1. The number of fused-ring (bicyclic) bond motifs is 1. The molecule has 0 radical (unpaired) electrons. The van der Waals surface area contributed by atoms with Gasteiger partial charge in [0, 0.05) is 22.7 Å². The van der Waals surface area contributed by atoms with Gasteiger partial charge >= 0.3 is 0 Å². The molecule has 3 heteroatoms. The van der Waals surface area contributed by atoms with Gasteiger partial charge in [-0.05, 0) is 25.0 Å². The summed E-state index contributed by atoms with van der Waals surface area (Å²) in [6.07, 6.45) is 1.08. The molecular formula is C12H18N2S. The monoisotopic (exact) mass is 222 g/mol. The van der Waals surface area contributed by atoms with E-state index >= 15 is 0 Å². The fourth-order valence-corrected chi connectivity index (χ4v) is 3.13. The van der Waals surface area contributed by atoms with E-state index in [-0.39, 0.29) is 0 Å². The number of nitrogens with one attached hydrogen (secondary N) is 1. The highest BCUT2D eigenvalue weighted by molar-refractivity contribution is 8.00. The van der Waals surface area contributed by atoms with Gasteiger partial charge in [0.25, 0.3) is 0 Å². The lowest BCUT2D eigenvalue weighted by atomic mass is 10.1. The molecule has 82 valence electrons. The summed E-state index contributed by atoms with van der Waals surface area (Å²) in [6.45, 7) is 5.14. The molecule has 0 saturated heterocycles. The third kappa shape index (κ3) is 1.99. The summed E-state index contributed by atoms with van der Waals surface area (Å²) in [7, 11) is 0. The molecule has 3 N–H and O–H groups in total. The molecular weight excluding hydrogens is 204 g/mol. The average Bonchev–Trinajstić information content (AvgIpc) is 2.27. The summed E-state index contributed by atoms with van der Waals surface area (Å²) in [6, 6.07) is 6.97. The number of hydrogen-bond acceptors (Lipinski definition) is 3. The number of hydrogen-bond donors (Lipinski definition) is 2. The minimum absolute atomic E-state index is 0.459. The van der Waals surface area contributed by atoms with Crippen LogP contribution >= 0.6 is 11.8 Å². The minimum Gasteiger partial charge on any atom is -0.380 e. The quantitative estimate of drug-likeness (QED) is 0.807. The van der Waals surface area contributed by atoms with E-state index in [0.29, 0.717) is 11.3 Å². The zero-order valence-electron chi connectivity index (χ0n) is 9.29. The van der Waals surface area contributed by atoms with E-state index in [2.05, 4.69) is 37.4 Å². The molecule has 1 aliphatic heterocycles. The van der Waals surface area contributed by atoms with Crippen LogP contribution in [0, 0.1) is 0 Å². The number of anilines is 1. The van der Waals surface area contributed by atoms with E-state index in [0.717, 1.165) is 13.0 Å². The molecule has 1 aromatic rings. The number of thioether (sulfide) groups is 1. The molecule has 2 nitrogen and oxygen atoms in total. The van der Waals surface area contributed by atoms with Crippen LogP contribution in [0.25, 0.3) is 0 Å². The highest BCUT2D eigenvalue weighted by Gasteiger charge is 2.25. The zero-order valence-corrected chi connectivity index (χ0v) is 10.1. The molecule has 0 fully saturated rings. The van der Waals surface area contributed by atoms with Crippen LogP contribution in [0.4, 0.5) is 5.69 Å². The van der Waals surface area contributed by atoms with Crippen molar-refractivity contribution in [2.45, 2.75) is 36.5 Å². The van der Waals surface area contributed by atoms with Crippen LogP contribution in [0.15, 0.2) is 23.1 Å². The Morgan fingerprint density at radius 3 is 2.93 bits per heavy atom. The molecule has 1 aromatic carbocycles. The molecule has 0 aromatic heterocycles. The van der Waals surface area contributed by atoms with Gasteiger partial charge < -0.3 is 11.1 Å². The Morgan fingerprint density at radius 2 is 2.27 bits per heavy atom. The van der Waals surface area contributed by atoms with Crippen molar-refractivity contribution in [1.29, 1.82) is 0 Å². The van der Waals surface area contributed by atoms with E-state index in [4.69, 9.17) is 5.73 Å². The fourth-order valence-electron chi connectivity index (χ4n) is 1.97. The van der Waals surface area contributed by atoms with Crippen molar-refractivity contribution in [3.8, 4) is 0 Å². The van der Waals surface area contributed by atoms with E-state index in [9.17, 15) is 0 Å². The molecule has 2 unspecified atom stereocenters. The Labute approximate surface area is 95.6 Å². The summed E-state index contributed by atoms with van der Waals surface area (Å²) in [5, 5.41) is 4.07. The van der Waals surface area contributed by atoms with Gasteiger partial charge in [-0.2, -0.15) is 0 Å². The summed E-state index contributed by atoms with van der Waals surface area (Å²) in [5.41, 5.74) is 8.49. The molecule has 0 spiro atoms. The minimum atomic E-state index is 0.459. The van der Waals surface area contributed by atoms with E-state index in [1.165, 1.54) is 16.1 Å². The lowest BCUT2D eigenvalue weighted by Gasteiger charge is -2.32. The first kappa shape index (κ1) is 10.8. The van der Waals surface area contributed by atoms with Crippen molar-refractivity contribution in [3.05, 3.63) is 23.8 Å². The molecule has 0 saturated carbocycles. The van der Waals surface area contributed by atoms with Crippen LogP contribution in [0.2, 0.25) is 0 Å². The molecule has 0 amide bonds. The third-order valence-corrected chi connectivity index (χ3v) is 4.43. The van der Waals surface area contributed by atoms with Crippen LogP contribution in [-0.2, 0) is 6.42 Å². The Kier molecular flexibility index (Phi) is 3.22. The summed E-state index contributed by atoms with van der Waals surface area (Å²) >= 11 is 1.91. The molecule has 15 heavy (non-hydrogen) atoms. The normalized spacial score (nSPS) is 24.5. The first-order valence-corrected chi connectivity index (χ1v) is 6.39. The highest BCUT2D eigenvalue weighted by Crippen LogP contribution is 2.39. The van der Waals surface area contributed by atoms with Crippen molar-refractivity contribution in [3.63, 3.8) is 0 Å². The summed E-state index contributed by atoms with van der Waals surface area (Å²) in [5.74, 6) is 0. The van der Waals surface area contributed by atoms with Gasteiger partial charge in [-0.1, -0.05) is 19.1 Å². The predicted octanol–water partition coefficient (Wildman–Crippen LogP) is 2.48. The molecule has 0 bridgehead atoms. The van der Waals surface area contributed by atoms with Crippen molar-refractivity contribution < 1.29 is 0 Å². The van der Waals surface area contributed by atoms with E-state index < -0.39 is 0 Å². The van der Waals surface area contributed by atoms with Gasteiger partial charge in [0.2, 0.25) is 0 Å². The summed E-state index contributed by atoms with van der Waals surface area (Å²) in [4.78, 5) is 1.35. The van der Waals surface area contributed by atoms with Gasteiger partial charge in [-0.15, -0.1) is 11.8 Å². The zero-order chi connectivity index (χ0) is 10.8. The van der Waals surface area contributed by atoms with Crippen molar-refractivity contribution in [1.82, 2.24) is 0 Å². The van der Waals surface area contributed by atoms with Gasteiger partial charge in [0.05, 0.1) is 5.69 Å². The molecule has 2 rings (SSSR count). The summed E-state index contributed by atoms with van der Waals surface area (Å²) < 4.78 is 0. The number of nitrogens with two attached hydrogens (primary N) is 1. The Bertz CT molecular complexity index is 351. The van der Waals surface area contributed by atoms with Gasteiger partial charge in [0.15, 0.2) is 0 Å². The maximum Gasteiger partial charge on any atom is 0.0513 e. The number of para-hydroxylation sites is 1. The Balaban J connectivity index is 2.35. The lowest BCUT2D eigenvalue weighted by Crippen LogP contribution is -2.37. The molecule has 1 aliphatic rings. The van der Waals surface area contributed by atoms with Crippen molar-refractivity contribution >= 4 is 17.4 Å². The highest BCUT2D eigenvalue weighted by atomic mass is 32.2. The Morgan fingerprint density at radius 1 is 1.47 bits per heavy atom. The number of rotatable bonds is 2. The third-order valence-electron chi connectivity index (χ3n) is 2.93. The average molecular weight is 222 g/mol. The fraction of sp³-hybridized carbons (Fsp3) is 0.500. The van der Waals surface area contributed by atoms with Crippen LogP contribution in [0.3, 0.4) is 0 Å². The second-order valence-corrected chi connectivity index (χ2v) is 5.25. The first-order valence-electron chi connectivity index (χ1n) is 5.51. The standard InChI is InChI=1S/C12H18N2S/c1-3-9-5-4-6-10-12(9)14-8(2)11(7-13)15-10/h4-6,8,11,14H,3,7,13H2,1-2H3. The maximum atomic E-state index is 5.76.